The van der Waals surface area contributed by atoms with Gasteiger partial charge in [-0.3, -0.25) is 0 Å². The third-order valence-electron chi connectivity index (χ3n) is 1.67. The van der Waals surface area contributed by atoms with Gasteiger partial charge in [-0.15, -0.1) is 0 Å². The molecule has 0 aromatic heterocycles. The Morgan fingerprint density at radius 1 is 1.46 bits per heavy atom. The molecular formula is C10H13BrO2. The summed E-state index contributed by atoms with van der Waals surface area (Å²) in [7, 11) is 0. The van der Waals surface area contributed by atoms with Crippen molar-refractivity contribution in [1.82, 2.24) is 0 Å². The maximum absolute atomic E-state index is 9.12. The average molecular weight is 245 g/mol. The summed E-state index contributed by atoms with van der Waals surface area (Å²) < 4.78 is 6.27. The predicted molar refractivity (Wildman–Crippen MR) is 56.2 cm³/mol. The molecule has 0 atom stereocenters. The van der Waals surface area contributed by atoms with Crippen LogP contribution >= 0.6 is 15.9 Å². The number of phenolic OH excluding ortho intramolecular Hbond substituents is 1. The number of benzene rings is 1. The number of phenols is 1. The lowest BCUT2D eigenvalue weighted by molar-refractivity contribution is 0.307. The van der Waals surface area contributed by atoms with E-state index in [0.717, 1.165) is 29.7 Å². The highest BCUT2D eigenvalue weighted by molar-refractivity contribution is 9.10. The fraction of sp³-hybridized carbons (Fsp3) is 0.400. The molecule has 0 saturated heterocycles. The van der Waals surface area contributed by atoms with Gasteiger partial charge in [0.1, 0.15) is 11.5 Å². The molecule has 0 saturated carbocycles. The van der Waals surface area contributed by atoms with Crippen LogP contribution < -0.4 is 4.74 Å². The molecule has 1 N–H and O–H groups in total. The molecule has 1 aromatic carbocycles. The molecule has 1 rings (SSSR count). The summed E-state index contributed by atoms with van der Waals surface area (Å²) in [6.45, 7) is 2.84. The Kier molecular flexibility index (Phi) is 4.09. The van der Waals surface area contributed by atoms with E-state index in [-0.39, 0.29) is 5.75 Å². The predicted octanol–water partition coefficient (Wildman–Crippen LogP) is 3.33. The van der Waals surface area contributed by atoms with Gasteiger partial charge in [0.15, 0.2) is 0 Å². The molecular weight excluding hydrogens is 232 g/mol. The number of aromatic hydroxyl groups is 1. The molecule has 3 heteroatoms. The molecule has 0 bridgehead atoms. The first kappa shape index (κ1) is 10.4. The molecule has 0 aliphatic carbocycles. The number of hydrogen-bond acceptors (Lipinski definition) is 2. The summed E-state index contributed by atoms with van der Waals surface area (Å²) in [5.41, 5.74) is 0. The Hall–Kier alpha value is -0.700. The third-order valence-corrected chi connectivity index (χ3v) is 2.29. The van der Waals surface area contributed by atoms with Crippen molar-refractivity contribution in [3.8, 4) is 11.5 Å². The van der Waals surface area contributed by atoms with Crippen molar-refractivity contribution in [3.05, 3.63) is 22.7 Å². The monoisotopic (exact) mass is 244 g/mol. The lowest BCUT2D eigenvalue weighted by atomic mass is 10.3. The molecule has 1 aromatic rings. The van der Waals surface area contributed by atoms with Crippen LogP contribution in [0.25, 0.3) is 0 Å². The Morgan fingerprint density at radius 3 is 2.85 bits per heavy atom. The molecule has 0 radical (unpaired) electrons. The number of halogens is 1. The van der Waals surface area contributed by atoms with Gasteiger partial charge < -0.3 is 9.84 Å². The van der Waals surface area contributed by atoms with E-state index in [0.29, 0.717) is 0 Å². The fourth-order valence-electron chi connectivity index (χ4n) is 0.933. The summed E-state index contributed by atoms with van der Waals surface area (Å²) in [5, 5.41) is 9.12. The minimum absolute atomic E-state index is 0.245. The van der Waals surface area contributed by atoms with E-state index in [1.807, 2.05) is 0 Å². The van der Waals surface area contributed by atoms with E-state index in [9.17, 15) is 0 Å². The number of unbranched alkanes of at least 4 members (excludes halogenated alkanes) is 1. The van der Waals surface area contributed by atoms with Crippen molar-refractivity contribution < 1.29 is 9.84 Å². The molecule has 0 spiro atoms. The quantitative estimate of drug-likeness (QED) is 0.824. The topological polar surface area (TPSA) is 29.5 Å². The highest BCUT2D eigenvalue weighted by Gasteiger charge is 2.00. The van der Waals surface area contributed by atoms with E-state index in [2.05, 4.69) is 22.9 Å². The summed E-state index contributed by atoms with van der Waals surface area (Å²) in [6, 6.07) is 5.00. The molecule has 0 unspecified atom stereocenters. The van der Waals surface area contributed by atoms with Gasteiger partial charge in [-0.1, -0.05) is 13.3 Å². The van der Waals surface area contributed by atoms with Crippen molar-refractivity contribution in [2.45, 2.75) is 19.8 Å². The summed E-state index contributed by atoms with van der Waals surface area (Å²) >= 11 is 3.31. The minimum atomic E-state index is 0.245. The van der Waals surface area contributed by atoms with Crippen molar-refractivity contribution >= 4 is 15.9 Å². The van der Waals surface area contributed by atoms with Crippen LogP contribution in [0.15, 0.2) is 22.7 Å². The Morgan fingerprint density at radius 2 is 2.23 bits per heavy atom. The van der Waals surface area contributed by atoms with Crippen molar-refractivity contribution in [2.24, 2.45) is 0 Å². The van der Waals surface area contributed by atoms with Crippen molar-refractivity contribution in [3.63, 3.8) is 0 Å². The van der Waals surface area contributed by atoms with Crippen LogP contribution in [0, 0.1) is 0 Å². The average Bonchev–Trinajstić information content (AvgIpc) is 2.09. The Labute approximate surface area is 86.7 Å². The maximum atomic E-state index is 9.12. The van der Waals surface area contributed by atoms with Crippen molar-refractivity contribution in [1.29, 1.82) is 0 Å². The van der Waals surface area contributed by atoms with Crippen LogP contribution in [0.3, 0.4) is 0 Å². The van der Waals surface area contributed by atoms with E-state index in [1.165, 1.54) is 0 Å². The second kappa shape index (κ2) is 5.12. The van der Waals surface area contributed by atoms with Gasteiger partial charge in [0.2, 0.25) is 0 Å². The number of hydrogen-bond donors (Lipinski definition) is 1. The lowest BCUT2D eigenvalue weighted by Crippen LogP contribution is -1.96. The van der Waals surface area contributed by atoms with E-state index in [1.54, 1.807) is 18.2 Å². The molecule has 0 aliphatic heterocycles. The highest BCUT2D eigenvalue weighted by atomic mass is 79.9. The molecule has 13 heavy (non-hydrogen) atoms. The van der Waals surface area contributed by atoms with Gasteiger partial charge in [-0.25, -0.2) is 0 Å². The first-order chi connectivity index (χ1) is 6.24. The second-order valence-corrected chi connectivity index (χ2v) is 3.67. The molecule has 0 heterocycles. The van der Waals surface area contributed by atoms with Gasteiger partial charge in [-0.05, 0) is 40.5 Å². The van der Waals surface area contributed by atoms with Gasteiger partial charge in [0.05, 0.1) is 11.1 Å². The highest BCUT2D eigenvalue weighted by Crippen LogP contribution is 2.28. The van der Waals surface area contributed by atoms with Gasteiger partial charge in [0.25, 0.3) is 0 Å². The largest absolute Gasteiger partial charge is 0.508 e. The standard InChI is InChI=1S/C10H13BrO2/c1-2-3-6-13-10-5-4-8(12)7-9(10)11/h4-5,7,12H,2-3,6H2,1H3. The van der Waals surface area contributed by atoms with Crippen LogP contribution in [0.4, 0.5) is 0 Å². The zero-order valence-electron chi connectivity index (χ0n) is 7.59. The molecule has 2 nitrogen and oxygen atoms in total. The Bertz CT molecular complexity index is 274. The van der Waals surface area contributed by atoms with Crippen LogP contribution in [-0.2, 0) is 0 Å². The zero-order chi connectivity index (χ0) is 9.68. The lowest BCUT2D eigenvalue weighted by Gasteiger charge is -2.07. The smallest absolute Gasteiger partial charge is 0.133 e. The van der Waals surface area contributed by atoms with Gasteiger partial charge in [0, 0.05) is 0 Å². The maximum Gasteiger partial charge on any atom is 0.133 e. The molecule has 72 valence electrons. The number of rotatable bonds is 4. The van der Waals surface area contributed by atoms with Gasteiger partial charge >= 0.3 is 0 Å². The molecule has 0 amide bonds. The summed E-state index contributed by atoms with van der Waals surface area (Å²) in [4.78, 5) is 0. The summed E-state index contributed by atoms with van der Waals surface area (Å²) in [6.07, 6.45) is 2.17. The van der Waals surface area contributed by atoms with Crippen LogP contribution in [0.1, 0.15) is 19.8 Å². The normalized spacial score (nSPS) is 10.0. The fourth-order valence-corrected chi connectivity index (χ4v) is 1.41. The zero-order valence-corrected chi connectivity index (χ0v) is 9.17. The van der Waals surface area contributed by atoms with Gasteiger partial charge in [-0.2, -0.15) is 0 Å². The third kappa shape index (κ3) is 3.27. The minimum Gasteiger partial charge on any atom is -0.508 e. The number of ether oxygens (including phenoxy) is 1. The van der Waals surface area contributed by atoms with E-state index >= 15 is 0 Å². The Balaban J connectivity index is 2.56. The first-order valence-electron chi connectivity index (χ1n) is 4.35. The molecule has 0 fully saturated rings. The van der Waals surface area contributed by atoms with E-state index < -0.39 is 0 Å². The van der Waals surface area contributed by atoms with E-state index in [4.69, 9.17) is 9.84 Å². The van der Waals surface area contributed by atoms with Crippen LogP contribution in [0.5, 0.6) is 11.5 Å². The van der Waals surface area contributed by atoms with Crippen LogP contribution in [0.2, 0.25) is 0 Å². The second-order valence-electron chi connectivity index (χ2n) is 2.82. The molecule has 0 aliphatic rings. The SMILES string of the molecule is CCCCOc1ccc(O)cc1Br. The van der Waals surface area contributed by atoms with Crippen molar-refractivity contribution in [2.75, 3.05) is 6.61 Å². The van der Waals surface area contributed by atoms with Crippen LogP contribution in [-0.4, -0.2) is 11.7 Å². The summed E-state index contributed by atoms with van der Waals surface area (Å²) in [5.74, 6) is 1.03. The first-order valence-corrected chi connectivity index (χ1v) is 5.14.